The molecule has 1 N–H and O–H groups in total. The van der Waals surface area contributed by atoms with Crippen molar-refractivity contribution in [1.82, 2.24) is 5.32 Å². The third kappa shape index (κ3) is 3.12. The van der Waals surface area contributed by atoms with Gasteiger partial charge >= 0.3 is 12.1 Å². The normalized spacial score (nSPS) is 12.9. The van der Waals surface area contributed by atoms with Crippen LogP contribution in [0.1, 0.15) is 11.6 Å². The van der Waals surface area contributed by atoms with Crippen molar-refractivity contribution < 1.29 is 18.0 Å². The van der Waals surface area contributed by atoms with E-state index in [1.807, 2.05) is 5.32 Å². The summed E-state index contributed by atoms with van der Waals surface area (Å²) in [6, 6.07) is 7.47. The van der Waals surface area contributed by atoms with Crippen LogP contribution in [0.15, 0.2) is 43.0 Å². The molecule has 0 saturated heterocycles. The lowest BCUT2D eigenvalue weighted by molar-refractivity contribution is -0.174. The molecule has 16 heavy (non-hydrogen) atoms. The number of hydrogen-bond donors (Lipinski definition) is 1. The fourth-order valence-corrected chi connectivity index (χ4v) is 1.16. The zero-order valence-electron chi connectivity index (χ0n) is 8.29. The smallest absolute Gasteiger partial charge is 0.338 e. The Morgan fingerprint density at radius 1 is 1.31 bits per heavy atom. The van der Waals surface area contributed by atoms with Crippen LogP contribution >= 0.6 is 0 Å². The van der Waals surface area contributed by atoms with Crippen molar-refractivity contribution >= 4 is 5.91 Å². The van der Waals surface area contributed by atoms with Crippen LogP contribution in [-0.4, -0.2) is 12.1 Å². The molecule has 0 unspecified atom stereocenters. The van der Waals surface area contributed by atoms with Crippen molar-refractivity contribution in [3.8, 4) is 0 Å². The maximum atomic E-state index is 12.0. The largest absolute Gasteiger partial charge is 0.471 e. The van der Waals surface area contributed by atoms with E-state index in [2.05, 4.69) is 6.58 Å². The Bertz CT molecular complexity index is 373. The third-order valence-electron chi connectivity index (χ3n) is 1.94. The van der Waals surface area contributed by atoms with Crippen LogP contribution in [0.25, 0.3) is 0 Å². The molecule has 0 aliphatic rings. The van der Waals surface area contributed by atoms with Gasteiger partial charge in [-0.2, -0.15) is 13.2 Å². The lowest BCUT2D eigenvalue weighted by Gasteiger charge is -2.16. The molecular formula is C11H10F3NO. The molecule has 1 aromatic carbocycles. The second-order valence-corrected chi connectivity index (χ2v) is 3.10. The van der Waals surface area contributed by atoms with Gasteiger partial charge in [-0.3, -0.25) is 4.79 Å². The number of rotatable bonds is 3. The average Bonchev–Trinajstić information content (AvgIpc) is 2.25. The Morgan fingerprint density at radius 3 is 2.31 bits per heavy atom. The van der Waals surface area contributed by atoms with E-state index in [0.717, 1.165) is 0 Å². The van der Waals surface area contributed by atoms with Gasteiger partial charge in [0.15, 0.2) is 0 Å². The van der Waals surface area contributed by atoms with Gasteiger partial charge in [-0.1, -0.05) is 36.4 Å². The number of halogens is 3. The Labute approximate surface area is 90.8 Å². The highest BCUT2D eigenvalue weighted by Crippen LogP contribution is 2.19. The summed E-state index contributed by atoms with van der Waals surface area (Å²) in [5.74, 6) is -1.97. The molecule has 1 amide bonds. The van der Waals surface area contributed by atoms with Crippen LogP contribution < -0.4 is 5.32 Å². The third-order valence-corrected chi connectivity index (χ3v) is 1.94. The van der Waals surface area contributed by atoms with Crippen molar-refractivity contribution in [1.29, 1.82) is 0 Å². The lowest BCUT2D eigenvalue weighted by atomic mass is 10.1. The zero-order chi connectivity index (χ0) is 12.2. The summed E-state index contributed by atoms with van der Waals surface area (Å²) in [6.07, 6.45) is -3.63. The van der Waals surface area contributed by atoms with Crippen molar-refractivity contribution in [3.05, 3.63) is 48.6 Å². The summed E-state index contributed by atoms with van der Waals surface area (Å²) in [5, 5.41) is 1.84. The molecule has 0 saturated carbocycles. The van der Waals surface area contributed by atoms with Gasteiger partial charge in [0.25, 0.3) is 0 Å². The van der Waals surface area contributed by atoms with E-state index < -0.39 is 18.1 Å². The molecule has 0 heterocycles. The predicted molar refractivity (Wildman–Crippen MR) is 53.6 cm³/mol. The van der Waals surface area contributed by atoms with Crippen LogP contribution in [-0.2, 0) is 4.79 Å². The first-order valence-corrected chi connectivity index (χ1v) is 4.50. The van der Waals surface area contributed by atoms with Crippen molar-refractivity contribution in [3.63, 3.8) is 0 Å². The number of nitrogens with one attached hydrogen (secondary N) is 1. The average molecular weight is 229 g/mol. The van der Waals surface area contributed by atoms with Gasteiger partial charge in [-0.25, -0.2) is 0 Å². The second-order valence-electron chi connectivity index (χ2n) is 3.10. The van der Waals surface area contributed by atoms with E-state index >= 15 is 0 Å². The first-order chi connectivity index (χ1) is 7.45. The van der Waals surface area contributed by atoms with Gasteiger partial charge in [-0.05, 0) is 5.56 Å². The maximum absolute atomic E-state index is 12.0. The van der Waals surface area contributed by atoms with Crippen LogP contribution in [0.3, 0.4) is 0 Å². The predicted octanol–water partition coefficient (Wildman–Crippen LogP) is 2.59. The molecule has 1 atom stereocenters. The highest BCUT2D eigenvalue weighted by atomic mass is 19.4. The fraction of sp³-hybridized carbons (Fsp3) is 0.182. The molecular weight excluding hydrogens is 219 g/mol. The minimum atomic E-state index is -4.88. The Hall–Kier alpha value is -1.78. The highest BCUT2D eigenvalue weighted by molar-refractivity contribution is 5.82. The van der Waals surface area contributed by atoms with Crippen LogP contribution in [0.5, 0.6) is 0 Å². The van der Waals surface area contributed by atoms with E-state index in [-0.39, 0.29) is 0 Å². The number of alkyl halides is 3. The fourth-order valence-electron chi connectivity index (χ4n) is 1.16. The van der Waals surface area contributed by atoms with E-state index in [9.17, 15) is 18.0 Å². The monoisotopic (exact) mass is 229 g/mol. The van der Waals surface area contributed by atoms with Crippen LogP contribution in [0.2, 0.25) is 0 Å². The Kier molecular flexibility index (Phi) is 3.71. The standard InChI is InChI=1S/C11H10F3NO/c1-2-9(8-6-4-3-5-7-8)15-10(16)11(12,13)14/h2-7,9H,1H2,(H,15,16)/t9-/m0/s1. The van der Waals surface area contributed by atoms with Gasteiger partial charge in [0.05, 0.1) is 6.04 Å². The van der Waals surface area contributed by atoms with Crippen molar-refractivity contribution in [2.45, 2.75) is 12.2 Å². The number of hydrogen-bond acceptors (Lipinski definition) is 1. The van der Waals surface area contributed by atoms with Gasteiger partial charge < -0.3 is 5.32 Å². The first-order valence-electron chi connectivity index (χ1n) is 4.50. The molecule has 5 heteroatoms. The van der Waals surface area contributed by atoms with Gasteiger partial charge in [0.2, 0.25) is 0 Å². The van der Waals surface area contributed by atoms with Gasteiger partial charge in [0.1, 0.15) is 0 Å². The minimum Gasteiger partial charge on any atom is -0.338 e. The van der Waals surface area contributed by atoms with Gasteiger partial charge in [-0.15, -0.1) is 6.58 Å². The Morgan fingerprint density at radius 2 is 1.88 bits per heavy atom. The van der Waals surface area contributed by atoms with Crippen LogP contribution in [0.4, 0.5) is 13.2 Å². The number of benzene rings is 1. The molecule has 0 aliphatic carbocycles. The molecule has 1 rings (SSSR count). The van der Waals surface area contributed by atoms with E-state index in [1.54, 1.807) is 30.3 Å². The summed E-state index contributed by atoms with van der Waals surface area (Å²) in [4.78, 5) is 10.7. The highest BCUT2D eigenvalue weighted by Gasteiger charge is 2.39. The number of amides is 1. The van der Waals surface area contributed by atoms with Crippen LogP contribution in [0, 0.1) is 0 Å². The van der Waals surface area contributed by atoms with E-state index in [4.69, 9.17) is 0 Å². The second kappa shape index (κ2) is 4.83. The van der Waals surface area contributed by atoms with Crippen molar-refractivity contribution in [2.24, 2.45) is 0 Å². The molecule has 2 nitrogen and oxygen atoms in total. The minimum absolute atomic E-state index is 0.551. The number of carbonyl (C=O) groups is 1. The first kappa shape index (κ1) is 12.3. The summed E-state index contributed by atoms with van der Waals surface area (Å²) >= 11 is 0. The van der Waals surface area contributed by atoms with Gasteiger partial charge in [0, 0.05) is 0 Å². The molecule has 0 aliphatic heterocycles. The van der Waals surface area contributed by atoms with E-state index in [0.29, 0.717) is 5.56 Å². The summed E-state index contributed by atoms with van der Waals surface area (Å²) < 4.78 is 36.0. The number of carbonyl (C=O) groups excluding carboxylic acids is 1. The SMILES string of the molecule is C=C[C@H](NC(=O)C(F)(F)F)c1ccccc1. The maximum Gasteiger partial charge on any atom is 0.471 e. The summed E-state index contributed by atoms with van der Waals surface area (Å²) in [5.41, 5.74) is 0.551. The van der Waals surface area contributed by atoms with E-state index in [1.165, 1.54) is 6.08 Å². The summed E-state index contributed by atoms with van der Waals surface area (Å²) in [6.45, 7) is 3.39. The quantitative estimate of drug-likeness (QED) is 0.793. The zero-order valence-corrected chi connectivity index (χ0v) is 8.29. The molecule has 0 radical (unpaired) electrons. The summed E-state index contributed by atoms with van der Waals surface area (Å²) in [7, 11) is 0. The lowest BCUT2D eigenvalue weighted by Crippen LogP contribution is -2.38. The van der Waals surface area contributed by atoms with Crippen molar-refractivity contribution in [2.75, 3.05) is 0 Å². The Balaban J connectivity index is 2.79. The molecule has 86 valence electrons. The molecule has 0 fully saturated rings. The molecule has 0 spiro atoms. The molecule has 0 aromatic heterocycles. The molecule has 0 bridgehead atoms. The molecule has 1 aromatic rings. The topological polar surface area (TPSA) is 29.1 Å².